The van der Waals surface area contributed by atoms with Crippen LogP contribution in [0.3, 0.4) is 0 Å². The Kier molecular flexibility index (Phi) is 7.12. The molecule has 3 saturated heterocycles. The van der Waals surface area contributed by atoms with E-state index in [1.807, 2.05) is 11.8 Å². The number of rotatable bonds is 3. The number of likely N-dealkylation sites (tertiary alicyclic amines) is 1. The largest absolute Gasteiger partial charge is 0.490 e. The minimum absolute atomic E-state index is 0.0155. The summed E-state index contributed by atoms with van der Waals surface area (Å²) in [5.41, 5.74) is 1.30. The van der Waals surface area contributed by atoms with Gasteiger partial charge in [-0.15, -0.1) is 0 Å². The van der Waals surface area contributed by atoms with Crippen molar-refractivity contribution in [2.24, 2.45) is 11.3 Å². The lowest BCUT2D eigenvalue weighted by atomic mass is 9.80. The maximum absolute atomic E-state index is 12.8. The van der Waals surface area contributed by atoms with Crippen molar-refractivity contribution in [3.8, 4) is 0 Å². The van der Waals surface area contributed by atoms with Crippen LogP contribution >= 0.6 is 0 Å². The fraction of sp³-hybridized carbons (Fsp3) is 0.684. The number of carbonyl (C=O) groups is 2. The van der Waals surface area contributed by atoms with Crippen molar-refractivity contribution < 1.29 is 37.3 Å². The van der Waals surface area contributed by atoms with Crippen LogP contribution in [-0.2, 0) is 14.3 Å². The first kappa shape index (κ1) is 23.4. The highest BCUT2D eigenvalue weighted by Gasteiger charge is 2.52. The van der Waals surface area contributed by atoms with Gasteiger partial charge in [0.15, 0.2) is 0 Å². The number of alkyl halides is 3. The molecular weight excluding hydrogens is 421 g/mol. The average Bonchev–Trinajstić information content (AvgIpc) is 3.25. The molecule has 3 aliphatic rings. The highest BCUT2D eigenvalue weighted by atomic mass is 19.4. The number of halogens is 3. The molecule has 0 saturated carbocycles. The number of morpholine rings is 1. The summed E-state index contributed by atoms with van der Waals surface area (Å²) >= 11 is 0. The number of carbonyl (C=O) groups excluding carboxylic acids is 1. The van der Waals surface area contributed by atoms with Crippen molar-refractivity contribution in [1.29, 1.82) is 0 Å². The summed E-state index contributed by atoms with van der Waals surface area (Å²) in [5, 5.41) is 7.12. The van der Waals surface area contributed by atoms with Crippen molar-refractivity contribution in [1.82, 2.24) is 19.8 Å². The number of hydrogen-bond donors (Lipinski definition) is 1. The fourth-order valence-corrected chi connectivity index (χ4v) is 4.08. The quantitative estimate of drug-likeness (QED) is 0.729. The second kappa shape index (κ2) is 9.45. The lowest BCUT2D eigenvalue weighted by molar-refractivity contribution is -0.192. The molecule has 2 atom stereocenters. The van der Waals surface area contributed by atoms with Crippen LogP contribution in [0.4, 0.5) is 13.2 Å². The minimum Gasteiger partial charge on any atom is -0.475 e. The van der Waals surface area contributed by atoms with Crippen LogP contribution in [-0.4, -0.2) is 102 Å². The molecule has 0 spiro atoms. The van der Waals surface area contributed by atoms with Crippen LogP contribution in [0.25, 0.3) is 0 Å². The SMILES string of the molecule is Cc1cnc(C(=O)N2C[C@@H]3COC[C@]3(CN3CCOCC3)C2)cn1.O=C(O)C(F)(F)F. The number of amides is 1. The smallest absolute Gasteiger partial charge is 0.475 e. The summed E-state index contributed by atoms with van der Waals surface area (Å²) in [5.74, 6) is -2.37. The lowest BCUT2D eigenvalue weighted by Gasteiger charge is -2.36. The maximum atomic E-state index is 12.8. The van der Waals surface area contributed by atoms with Crippen molar-refractivity contribution in [3.05, 3.63) is 23.8 Å². The van der Waals surface area contributed by atoms with Gasteiger partial charge in [-0.3, -0.25) is 14.7 Å². The Morgan fingerprint density at radius 3 is 2.48 bits per heavy atom. The van der Waals surface area contributed by atoms with Crippen LogP contribution < -0.4 is 0 Å². The van der Waals surface area contributed by atoms with Crippen molar-refractivity contribution in [2.45, 2.75) is 13.1 Å². The van der Waals surface area contributed by atoms with Gasteiger partial charge in [0, 0.05) is 50.3 Å². The summed E-state index contributed by atoms with van der Waals surface area (Å²) in [6.45, 7) is 9.33. The third-order valence-corrected chi connectivity index (χ3v) is 5.69. The zero-order chi connectivity index (χ0) is 22.6. The van der Waals surface area contributed by atoms with Gasteiger partial charge >= 0.3 is 12.1 Å². The van der Waals surface area contributed by atoms with Crippen LogP contribution in [0, 0.1) is 18.3 Å². The fourth-order valence-electron chi connectivity index (χ4n) is 4.08. The van der Waals surface area contributed by atoms with Gasteiger partial charge in [-0.1, -0.05) is 0 Å². The highest BCUT2D eigenvalue weighted by molar-refractivity contribution is 5.92. The molecule has 0 radical (unpaired) electrons. The number of nitrogens with zero attached hydrogens (tertiary/aromatic N) is 4. The summed E-state index contributed by atoms with van der Waals surface area (Å²) < 4.78 is 43.0. The predicted molar refractivity (Wildman–Crippen MR) is 100 cm³/mol. The maximum Gasteiger partial charge on any atom is 0.490 e. The Bertz CT molecular complexity index is 786. The van der Waals surface area contributed by atoms with E-state index in [0.29, 0.717) is 11.6 Å². The third-order valence-electron chi connectivity index (χ3n) is 5.69. The van der Waals surface area contributed by atoms with E-state index in [1.165, 1.54) is 0 Å². The standard InChI is InChI=1S/C17H24N4O3.C2HF3O2/c1-13-6-19-15(7-18-13)16(22)21-8-14-9-24-12-17(14,11-21)10-20-2-4-23-5-3-20;3-2(4,5)1(6)7/h6-7,14H,2-5,8-12H2,1H3;(H,6,7)/t14-,17+;/m1./s1. The molecule has 0 bridgehead atoms. The van der Waals surface area contributed by atoms with Gasteiger partial charge in [-0.2, -0.15) is 13.2 Å². The molecule has 172 valence electrons. The normalized spacial score (nSPS) is 26.2. The van der Waals surface area contributed by atoms with Crippen molar-refractivity contribution >= 4 is 11.9 Å². The Morgan fingerprint density at radius 1 is 1.23 bits per heavy atom. The summed E-state index contributed by atoms with van der Waals surface area (Å²) in [6.07, 6.45) is -1.85. The molecule has 1 aromatic rings. The average molecular weight is 446 g/mol. The monoisotopic (exact) mass is 446 g/mol. The number of aryl methyl sites for hydroxylation is 1. The number of aromatic nitrogens is 2. The molecule has 9 nitrogen and oxygen atoms in total. The summed E-state index contributed by atoms with van der Waals surface area (Å²) in [4.78, 5) is 34.5. The number of fused-ring (bicyclic) bond motifs is 1. The van der Waals surface area contributed by atoms with Crippen LogP contribution in [0.5, 0.6) is 0 Å². The Labute approximate surface area is 177 Å². The Hall–Kier alpha value is -2.31. The van der Waals surface area contributed by atoms with E-state index in [1.54, 1.807) is 12.4 Å². The van der Waals surface area contributed by atoms with Gasteiger partial charge in [-0.25, -0.2) is 9.78 Å². The topological polar surface area (TPSA) is 105 Å². The van der Waals surface area contributed by atoms with Gasteiger partial charge < -0.3 is 19.5 Å². The van der Waals surface area contributed by atoms with Gasteiger partial charge in [0.05, 0.1) is 38.3 Å². The number of aliphatic carboxylic acids is 1. The molecule has 0 aliphatic carbocycles. The van der Waals surface area contributed by atoms with E-state index in [4.69, 9.17) is 19.4 Å². The van der Waals surface area contributed by atoms with Crippen LogP contribution in [0.1, 0.15) is 16.2 Å². The first-order valence-corrected chi connectivity index (χ1v) is 9.87. The van der Waals surface area contributed by atoms with Gasteiger partial charge in [-0.05, 0) is 6.92 Å². The molecule has 3 aliphatic heterocycles. The molecule has 3 fully saturated rings. The first-order valence-electron chi connectivity index (χ1n) is 9.87. The van der Waals surface area contributed by atoms with E-state index >= 15 is 0 Å². The van der Waals surface area contributed by atoms with Crippen LogP contribution in [0.2, 0.25) is 0 Å². The van der Waals surface area contributed by atoms with E-state index in [9.17, 15) is 18.0 Å². The van der Waals surface area contributed by atoms with E-state index in [-0.39, 0.29) is 11.3 Å². The summed E-state index contributed by atoms with van der Waals surface area (Å²) in [6, 6.07) is 0. The molecule has 0 unspecified atom stereocenters. The second-order valence-corrected chi connectivity index (χ2v) is 7.99. The Balaban J connectivity index is 0.000000339. The third kappa shape index (κ3) is 5.69. The molecule has 1 aromatic heterocycles. The zero-order valence-corrected chi connectivity index (χ0v) is 17.1. The van der Waals surface area contributed by atoms with Gasteiger partial charge in [0.1, 0.15) is 5.69 Å². The van der Waals surface area contributed by atoms with Crippen molar-refractivity contribution in [3.63, 3.8) is 0 Å². The van der Waals surface area contributed by atoms with E-state index in [2.05, 4.69) is 14.9 Å². The van der Waals surface area contributed by atoms with Crippen molar-refractivity contribution in [2.75, 3.05) is 59.2 Å². The zero-order valence-electron chi connectivity index (χ0n) is 17.1. The van der Waals surface area contributed by atoms with E-state index < -0.39 is 12.1 Å². The van der Waals surface area contributed by atoms with E-state index in [0.717, 1.165) is 64.8 Å². The molecule has 1 amide bonds. The Morgan fingerprint density at radius 2 is 1.90 bits per heavy atom. The molecule has 4 heterocycles. The molecular formula is C19H25F3N4O5. The highest BCUT2D eigenvalue weighted by Crippen LogP contribution is 2.42. The number of carboxylic acid groups (broad SMARTS) is 1. The molecule has 31 heavy (non-hydrogen) atoms. The molecule has 12 heteroatoms. The molecule has 0 aromatic carbocycles. The minimum atomic E-state index is -5.08. The summed E-state index contributed by atoms with van der Waals surface area (Å²) in [7, 11) is 0. The van der Waals surface area contributed by atoms with Crippen LogP contribution in [0.15, 0.2) is 12.4 Å². The second-order valence-electron chi connectivity index (χ2n) is 7.99. The number of ether oxygens (including phenoxy) is 2. The predicted octanol–water partition coefficient (Wildman–Crippen LogP) is 0.839. The molecule has 4 rings (SSSR count). The lowest BCUT2D eigenvalue weighted by Crippen LogP contribution is -2.47. The first-order chi connectivity index (χ1) is 14.6. The molecule has 1 N–H and O–H groups in total. The van der Waals surface area contributed by atoms with Gasteiger partial charge in [0.25, 0.3) is 5.91 Å². The van der Waals surface area contributed by atoms with Gasteiger partial charge in [0.2, 0.25) is 0 Å². The number of carboxylic acids is 1. The number of hydrogen-bond acceptors (Lipinski definition) is 7.